The van der Waals surface area contributed by atoms with Gasteiger partial charge in [-0.25, -0.2) is 13.1 Å². The molecule has 1 aromatic heterocycles. The van der Waals surface area contributed by atoms with Gasteiger partial charge < -0.3 is 4.42 Å². The first-order valence-electron chi connectivity index (χ1n) is 6.07. The standard InChI is InChI=1S/C14H15NO4S/c1-10(14-7-4-8-19-14)15-20(17,18)13-6-3-5-12(9-13)11(2)16/h3-10,15H,1-2H3/t10-/m0/s1. The van der Waals surface area contributed by atoms with Gasteiger partial charge in [0.05, 0.1) is 17.2 Å². The number of ketones is 1. The van der Waals surface area contributed by atoms with E-state index in [1.165, 1.54) is 25.3 Å². The molecule has 20 heavy (non-hydrogen) atoms. The number of hydrogen-bond acceptors (Lipinski definition) is 4. The van der Waals surface area contributed by atoms with Gasteiger partial charge in [-0.05, 0) is 38.1 Å². The highest BCUT2D eigenvalue weighted by Crippen LogP contribution is 2.18. The third kappa shape index (κ3) is 3.15. The SMILES string of the molecule is CC(=O)c1cccc(S(=O)(=O)N[C@@H](C)c2ccco2)c1. The van der Waals surface area contributed by atoms with Gasteiger partial charge in [0.15, 0.2) is 5.78 Å². The lowest BCUT2D eigenvalue weighted by molar-refractivity contribution is 0.101. The summed E-state index contributed by atoms with van der Waals surface area (Å²) in [4.78, 5) is 11.4. The van der Waals surface area contributed by atoms with E-state index in [-0.39, 0.29) is 10.7 Å². The largest absolute Gasteiger partial charge is 0.468 e. The van der Waals surface area contributed by atoms with Crippen LogP contribution in [0.5, 0.6) is 0 Å². The highest BCUT2D eigenvalue weighted by molar-refractivity contribution is 7.89. The molecule has 0 amide bonds. The van der Waals surface area contributed by atoms with Gasteiger partial charge in [0.2, 0.25) is 10.0 Å². The van der Waals surface area contributed by atoms with E-state index in [9.17, 15) is 13.2 Å². The lowest BCUT2D eigenvalue weighted by atomic mass is 10.2. The lowest BCUT2D eigenvalue weighted by Crippen LogP contribution is -2.26. The van der Waals surface area contributed by atoms with Crippen LogP contribution in [0.4, 0.5) is 0 Å². The molecule has 0 spiro atoms. The Balaban J connectivity index is 2.26. The first kappa shape index (κ1) is 14.5. The molecule has 2 aromatic rings. The van der Waals surface area contributed by atoms with Gasteiger partial charge >= 0.3 is 0 Å². The van der Waals surface area contributed by atoms with E-state index >= 15 is 0 Å². The Morgan fingerprint density at radius 3 is 2.60 bits per heavy atom. The van der Waals surface area contributed by atoms with E-state index < -0.39 is 16.1 Å². The van der Waals surface area contributed by atoms with E-state index in [2.05, 4.69) is 4.72 Å². The summed E-state index contributed by atoms with van der Waals surface area (Å²) >= 11 is 0. The first-order valence-corrected chi connectivity index (χ1v) is 7.55. The van der Waals surface area contributed by atoms with E-state index in [0.717, 1.165) is 0 Å². The zero-order chi connectivity index (χ0) is 14.8. The minimum atomic E-state index is -3.70. The molecule has 106 valence electrons. The number of furan rings is 1. The fraction of sp³-hybridized carbons (Fsp3) is 0.214. The number of sulfonamides is 1. The van der Waals surface area contributed by atoms with Crippen molar-refractivity contribution in [2.24, 2.45) is 0 Å². The van der Waals surface area contributed by atoms with Gasteiger partial charge in [-0.3, -0.25) is 4.79 Å². The monoisotopic (exact) mass is 293 g/mol. The molecule has 1 heterocycles. The van der Waals surface area contributed by atoms with Crippen molar-refractivity contribution in [2.45, 2.75) is 24.8 Å². The van der Waals surface area contributed by atoms with Crippen molar-refractivity contribution < 1.29 is 17.6 Å². The van der Waals surface area contributed by atoms with E-state index in [4.69, 9.17) is 4.42 Å². The van der Waals surface area contributed by atoms with E-state index in [0.29, 0.717) is 11.3 Å². The summed E-state index contributed by atoms with van der Waals surface area (Å²) in [6, 6.07) is 8.83. The van der Waals surface area contributed by atoms with Crippen LogP contribution in [0.15, 0.2) is 52.0 Å². The van der Waals surface area contributed by atoms with E-state index in [1.807, 2.05) is 0 Å². The molecule has 0 aliphatic carbocycles. The molecule has 0 saturated heterocycles. The molecular weight excluding hydrogens is 278 g/mol. The lowest BCUT2D eigenvalue weighted by Gasteiger charge is -2.12. The Bertz CT molecular complexity index is 705. The average molecular weight is 293 g/mol. The van der Waals surface area contributed by atoms with Crippen molar-refractivity contribution in [2.75, 3.05) is 0 Å². The van der Waals surface area contributed by atoms with Crippen molar-refractivity contribution in [3.8, 4) is 0 Å². The van der Waals surface area contributed by atoms with Crippen LogP contribution in [-0.2, 0) is 10.0 Å². The molecule has 1 aromatic carbocycles. The second-order valence-electron chi connectivity index (χ2n) is 4.44. The first-order chi connectivity index (χ1) is 9.40. The van der Waals surface area contributed by atoms with Crippen LogP contribution in [0.25, 0.3) is 0 Å². The molecule has 2 rings (SSSR count). The van der Waals surface area contributed by atoms with Gasteiger partial charge in [-0.1, -0.05) is 12.1 Å². The van der Waals surface area contributed by atoms with E-state index in [1.54, 1.807) is 31.2 Å². The zero-order valence-corrected chi connectivity index (χ0v) is 12.0. The minimum absolute atomic E-state index is 0.0589. The smallest absolute Gasteiger partial charge is 0.241 e. The molecule has 0 aliphatic rings. The van der Waals surface area contributed by atoms with Crippen molar-refractivity contribution in [1.29, 1.82) is 0 Å². The topological polar surface area (TPSA) is 76.4 Å². The number of rotatable bonds is 5. The van der Waals surface area contributed by atoms with Crippen LogP contribution < -0.4 is 4.72 Å². The molecule has 0 saturated carbocycles. The van der Waals surface area contributed by atoms with Crippen molar-refractivity contribution in [3.05, 3.63) is 54.0 Å². The Morgan fingerprint density at radius 2 is 2.00 bits per heavy atom. The maximum absolute atomic E-state index is 12.2. The average Bonchev–Trinajstić information content (AvgIpc) is 2.92. The van der Waals surface area contributed by atoms with Crippen LogP contribution in [0, 0.1) is 0 Å². The van der Waals surface area contributed by atoms with Crippen molar-refractivity contribution in [3.63, 3.8) is 0 Å². The van der Waals surface area contributed by atoms with Crippen LogP contribution in [-0.4, -0.2) is 14.2 Å². The zero-order valence-electron chi connectivity index (χ0n) is 11.2. The van der Waals surface area contributed by atoms with Crippen LogP contribution in [0.2, 0.25) is 0 Å². The van der Waals surface area contributed by atoms with Gasteiger partial charge in [0, 0.05) is 5.56 Å². The number of hydrogen-bond donors (Lipinski definition) is 1. The third-order valence-corrected chi connectivity index (χ3v) is 4.39. The maximum atomic E-state index is 12.2. The number of Topliss-reactive ketones (excluding diaryl/α,β-unsaturated/α-hetero) is 1. The Morgan fingerprint density at radius 1 is 1.25 bits per heavy atom. The van der Waals surface area contributed by atoms with Crippen LogP contribution in [0.1, 0.15) is 36.0 Å². The number of carbonyl (C=O) groups is 1. The van der Waals surface area contributed by atoms with Crippen molar-refractivity contribution in [1.82, 2.24) is 4.72 Å². The second kappa shape index (κ2) is 5.60. The van der Waals surface area contributed by atoms with Gasteiger partial charge in [0.25, 0.3) is 0 Å². The van der Waals surface area contributed by atoms with Crippen LogP contribution in [0.3, 0.4) is 0 Å². The summed E-state index contributed by atoms with van der Waals surface area (Å²) in [6.07, 6.45) is 1.48. The molecule has 0 bridgehead atoms. The summed E-state index contributed by atoms with van der Waals surface area (Å²) in [5.41, 5.74) is 0.360. The van der Waals surface area contributed by atoms with Crippen LogP contribution >= 0.6 is 0 Å². The minimum Gasteiger partial charge on any atom is -0.468 e. The molecule has 1 atom stereocenters. The third-order valence-electron chi connectivity index (χ3n) is 2.85. The highest BCUT2D eigenvalue weighted by Gasteiger charge is 2.20. The fourth-order valence-electron chi connectivity index (χ4n) is 1.78. The number of carbonyl (C=O) groups excluding carboxylic acids is 1. The number of nitrogens with one attached hydrogen (secondary N) is 1. The predicted molar refractivity (Wildman–Crippen MR) is 73.9 cm³/mol. The normalized spacial score (nSPS) is 13.1. The Hall–Kier alpha value is -1.92. The Kier molecular flexibility index (Phi) is 4.06. The summed E-state index contributed by atoms with van der Waals surface area (Å²) in [7, 11) is -3.70. The summed E-state index contributed by atoms with van der Waals surface area (Å²) < 4.78 is 32.2. The molecule has 5 nitrogen and oxygen atoms in total. The molecule has 0 aliphatic heterocycles. The Labute approximate surface area is 117 Å². The second-order valence-corrected chi connectivity index (χ2v) is 6.16. The fourth-order valence-corrected chi connectivity index (χ4v) is 3.04. The van der Waals surface area contributed by atoms with Gasteiger partial charge in [-0.15, -0.1) is 0 Å². The molecule has 0 fully saturated rings. The molecule has 1 N–H and O–H groups in total. The summed E-state index contributed by atoms with van der Waals surface area (Å²) in [6.45, 7) is 3.08. The van der Waals surface area contributed by atoms with Gasteiger partial charge in [-0.2, -0.15) is 0 Å². The number of benzene rings is 1. The molecule has 0 radical (unpaired) electrons. The quantitative estimate of drug-likeness (QED) is 0.859. The summed E-state index contributed by atoms with van der Waals surface area (Å²) in [5, 5.41) is 0. The molecular formula is C14H15NO4S. The molecule has 6 heteroatoms. The van der Waals surface area contributed by atoms with Crippen molar-refractivity contribution >= 4 is 15.8 Å². The maximum Gasteiger partial charge on any atom is 0.241 e. The summed E-state index contributed by atoms with van der Waals surface area (Å²) in [5.74, 6) is 0.345. The highest BCUT2D eigenvalue weighted by atomic mass is 32.2. The van der Waals surface area contributed by atoms with Gasteiger partial charge in [0.1, 0.15) is 5.76 Å². The molecule has 0 unspecified atom stereocenters. The predicted octanol–water partition coefficient (Wildman–Crippen LogP) is 2.52.